The van der Waals surface area contributed by atoms with E-state index in [2.05, 4.69) is 16.8 Å². The van der Waals surface area contributed by atoms with Gasteiger partial charge in [-0.3, -0.25) is 9.88 Å². The normalized spacial score (nSPS) is 16.3. The topological polar surface area (TPSA) is 45.6 Å². The van der Waals surface area contributed by atoms with Gasteiger partial charge in [0.1, 0.15) is 35.2 Å². The number of methoxy groups -OCH3 is 1. The third kappa shape index (κ3) is 6.03. The Morgan fingerprint density at radius 2 is 1.78 bits per heavy atom. The number of alkyl halides is 1. The number of pyridine rings is 1. The third-order valence-electron chi connectivity index (χ3n) is 7.08. The van der Waals surface area contributed by atoms with Gasteiger partial charge in [-0.25, -0.2) is 22.0 Å². The van der Waals surface area contributed by atoms with E-state index in [1.807, 2.05) is 4.90 Å². The molecule has 2 aromatic carbocycles. The van der Waals surface area contributed by atoms with Gasteiger partial charge in [-0.2, -0.15) is 0 Å². The molecule has 0 amide bonds. The molecule has 9 heteroatoms. The maximum absolute atomic E-state index is 15.4. The molecule has 1 N–H and O–H groups in total. The zero-order chi connectivity index (χ0) is 26.6. The number of halogens is 5. The zero-order valence-electron chi connectivity index (χ0n) is 20.3. The number of aliphatic hydroxyl groups excluding tert-OH is 1. The van der Waals surface area contributed by atoms with Crippen molar-refractivity contribution in [3.63, 3.8) is 0 Å². The molecule has 1 aliphatic rings. The van der Waals surface area contributed by atoms with Crippen LogP contribution in [-0.4, -0.2) is 48.3 Å². The highest BCUT2D eigenvalue weighted by molar-refractivity contribution is 5.84. The summed E-state index contributed by atoms with van der Waals surface area (Å²) in [4.78, 5) is 6.00. The Hall–Kier alpha value is -3.22. The van der Waals surface area contributed by atoms with Gasteiger partial charge in [0.2, 0.25) is 0 Å². The average Bonchev–Trinajstić information content (AvgIpc) is 2.89. The van der Waals surface area contributed by atoms with Crippen molar-refractivity contribution in [3.05, 3.63) is 70.9 Å². The molecule has 196 valence electrons. The number of hydrogen-bond acceptors (Lipinski definition) is 4. The number of hydrogen-bond donors (Lipinski definition) is 1. The van der Waals surface area contributed by atoms with Crippen LogP contribution in [0.5, 0.6) is 5.75 Å². The first-order chi connectivity index (χ1) is 17.7. The van der Waals surface area contributed by atoms with Gasteiger partial charge >= 0.3 is 0 Å². The molecule has 0 aliphatic carbocycles. The first-order valence-corrected chi connectivity index (χ1v) is 12.0. The van der Waals surface area contributed by atoms with Crippen LogP contribution in [0.4, 0.5) is 22.0 Å². The molecule has 4 nitrogen and oxygen atoms in total. The average molecular weight is 519 g/mol. The second kappa shape index (κ2) is 11.4. The summed E-state index contributed by atoms with van der Waals surface area (Å²) in [5.41, 5.74) is -0.609. The van der Waals surface area contributed by atoms with Crippen LogP contribution in [0.3, 0.4) is 0 Å². The molecular weight excluding hydrogens is 491 g/mol. The van der Waals surface area contributed by atoms with Crippen LogP contribution in [0.15, 0.2) is 36.5 Å². The Labute approximate surface area is 212 Å². The molecule has 1 aliphatic heterocycles. The second-order valence-electron chi connectivity index (χ2n) is 9.39. The van der Waals surface area contributed by atoms with Crippen molar-refractivity contribution in [1.82, 2.24) is 9.88 Å². The Bertz CT molecular complexity index is 1310. The quantitative estimate of drug-likeness (QED) is 0.321. The largest absolute Gasteiger partial charge is 0.497 e. The standard InChI is InChI=1S/C28H27F5N2O2/c1-37-19-4-5-26-21(15-19)27(25(33)16-34-26)22(30)6-7-28(17-36)8-11-35(12-9-28)10-2-3-20-23(31)13-18(29)14-24(20)32/h4-5,13-16,22,36H,6-12,17H2,1H3/t22-/m1/s1. The van der Waals surface area contributed by atoms with Crippen LogP contribution >= 0.6 is 0 Å². The second-order valence-corrected chi connectivity index (χ2v) is 9.39. The molecule has 4 rings (SSSR count). The maximum atomic E-state index is 15.4. The molecule has 0 radical (unpaired) electrons. The lowest BCUT2D eigenvalue weighted by Crippen LogP contribution is -2.42. The minimum Gasteiger partial charge on any atom is -0.497 e. The molecule has 1 atom stereocenters. The number of likely N-dealkylation sites (tertiary alicyclic amines) is 1. The Morgan fingerprint density at radius 1 is 1.08 bits per heavy atom. The SMILES string of the molecule is COc1ccc2ncc(F)c([C@H](F)CCC3(CO)CCN(CC#Cc4c(F)cc(F)cc4F)CC3)c2c1. The van der Waals surface area contributed by atoms with Gasteiger partial charge in [-0.1, -0.05) is 11.8 Å². The smallest absolute Gasteiger partial charge is 0.148 e. The van der Waals surface area contributed by atoms with Crippen molar-refractivity contribution in [2.24, 2.45) is 5.41 Å². The summed E-state index contributed by atoms with van der Waals surface area (Å²) in [6, 6.07) is 6.06. The van der Waals surface area contributed by atoms with Gasteiger partial charge in [0, 0.05) is 29.7 Å². The van der Waals surface area contributed by atoms with Gasteiger partial charge in [-0.15, -0.1) is 0 Å². The molecule has 1 fully saturated rings. The number of nitrogens with zero attached hydrogens (tertiary/aromatic N) is 2. The van der Waals surface area contributed by atoms with Crippen molar-refractivity contribution in [2.45, 2.75) is 31.9 Å². The number of aliphatic hydroxyl groups is 1. The molecule has 0 saturated carbocycles. The van der Waals surface area contributed by atoms with Crippen molar-refractivity contribution >= 4 is 10.9 Å². The molecule has 0 bridgehead atoms. The van der Waals surface area contributed by atoms with Crippen molar-refractivity contribution < 1.29 is 31.8 Å². The summed E-state index contributed by atoms with van der Waals surface area (Å²) in [6.07, 6.45) is 0.919. The van der Waals surface area contributed by atoms with Crippen LogP contribution in [0.1, 0.15) is 43.0 Å². The predicted molar refractivity (Wildman–Crippen MR) is 130 cm³/mol. The molecule has 2 heterocycles. The Morgan fingerprint density at radius 3 is 2.43 bits per heavy atom. The van der Waals surface area contributed by atoms with E-state index in [-0.39, 0.29) is 25.1 Å². The highest BCUT2D eigenvalue weighted by Crippen LogP contribution is 2.40. The first-order valence-electron chi connectivity index (χ1n) is 12.0. The van der Waals surface area contributed by atoms with E-state index >= 15 is 4.39 Å². The Kier molecular flexibility index (Phi) is 8.30. The lowest BCUT2D eigenvalue weighted by molar-refractivity contribution is 0.0343. The van der Waals surface area contributed by atoms with Gasteiger partial charge < -0.3 is 9.84 Å². The fraction of sp³-hybridized carbons (Fsp3) is 0.393. The van der Waals surface area contributed by atoms with Crippen LogP contribution in [-0.2, 0) is 0 Å². The Balaban J connectivity index is 1.38. The number of rotatable bonds is 7. The third-order valence-corrected chi connectivity index (χ3v) is 7.08. The molecular formula is C28H27F5N2O2. The van der Waals surface area contributed by atoms with Gasteiger partial charge in [0.25, 0.3) is 0 Å². The lowest BCUT2D eigenvalue weighted by atomic mass is 9.74. The van der Waals surface area contributed by atoms with E-state index in [4.69, 9.17) is 4.74 Å². The van der Waals surface area contributed by atoms with E-state index in [1.54, 1.807) is 18.2 Å². The van der Waals surface area contributed by atoms with E-state index in [9.17, 15) is 22.7 Å². The zero-order valence-corrected chi connectivity index (χ0v) is 20.3. The van der Waals surface area contributed by atoms with Gasteiger partial charge in [0.15, 0.2) is 0 Å². The fourth-order valence-electron chi connectivity index (χ4n) is 4.76. The van der Waals surface area contributed by atoms with E-state index in [1.165, 1.54) is 7.11 Å². The van der Waals surface area contributed by atoms with E-state index in [0.717, 1.165) is 6.20 Å². The lowest BCUT2D eigenvalue weighted by Gasteiger charge is -2.40. The summed E-state index contributed by atoms with van der Waals surface area (Å²) in [7, 11) is 1.48. The highest BCUT2D eigenvalue weighted by Gasteiger charge is 2.35. The maximum Gasteiger partial charge on any atom is 0.148 e. The monoisotopic (exact) mass is 518 g/mol. The minimum atomic E-state index is -1.59. The van der Waals surface area contributed by atoms with Crippen LogP contribution in [0.25, 0.3) is 10.9 Å². The van der Waals surface area contributed by atoms with E-state index in [0.29, 0.717) is 61.1 Å². The van der Waals surface area contributed by atoms with Crippen LogP contribution in [0, 0.1) is 40.5 Å². The van der Waals surface area contributed by atoms with Gasteiger partial charge in [0.05, 0.1) is 30.9 Å². The number of aromatic nitrogens is 1. The molecule has 37 heavy (non-hydrogen) atoms. The minimum absolute atomic E-state index is 0.0245. The predicted octanol–water partition coefficient (Wildman–Crippen LogP) is 5.72. The van der Waals surface area contributed by atoms with Gasteiger partial charge in [-0.05, 0) is 62.4 Å². The number of fused-ring (bicyclic) bond motifs is 1. The fourth-order valence-corrected chi connectivity index (χ4v) is 4.76. The number of benzene rings is 2. The molecule has 1 saturated heterocycles. The van der Waals surface area contributed by atoms with E-state index < -0.39 is 40.4 Å². The number of ether oxygens (including phenoxy) is 1. The first kappa shape index (κ1) is 26.8. The summed E-state index contributed by atoms with van der Waals surface area (Å²) < 4.78 is 75.8. The van der Waals surface area contributed by atoms with Crippen LogP contribution < -0.4 is 4.74 Å². The summed E-state index contributed by atoms with van der Waals surface area (Å²) in [5, 5.41) is 10.5. The molecule has 0 unspecified atom stereocenters. The number of piperidine rings is 1. The van der Waals surface area contributed by atoms with Crippen molar-refractivity contribution in [1.29, 1.82) is 0 Å². The highest BCUT2D eigenvalue weighted by atomic mass is 19.2. The molecule has 0 spiro atoms. The molecule has 1 aromatic heterocycles. The summed E-state index contributed by atoms with van der Waals surface area (Å²) in [6.45, 7) is 1.19. The summed E-state index contributed by atoms with van der Waals surface area (Å²) in [5.74, 6) is 1.76. The van der Waals surface area contributed by atoms with Crippen molar-refractivity contribution in [3.8, 4) is 17.6 Å². The molecule has 3 aromatic rings. The summed E-state index contributed by atoms with van der Waals surface area (Å²) >= 11 is 0. The van der Waals surface area contributed by atoms with Crippen molar-refractivity contribution in [2.75, 3.05) is 33.4 Å². The van der Waals surface area contributed by atoms with Crippen LogP contribution in [0.2, 0.25) is 0 Å².